The van der Waals surface area contributed by atoms with Gasteiger partial charge >= 0.3 is 10.1 Å². The summed E-state index contributed by atoms with van der Waals surface area (Å²) in [6.45, 7) is 0. The van der Waals surface area contributed by atoms with Crippen LogP contribution in [0.25, 0.3) is 6.08 Å². The summed E-state index contributed by atoms with van der Waals surface area (Å²) in [6, 6.07) is 17.8. The predicted octanol–water partition coefficient (Wildman–Crippen LogP) is 4.78. The van der Waals surface area contributed by atoms with Crippen molar-refractivity contribution in [3.8, 4) is 11.5 Å². The van der Waals surface area contributed by atoms with Gasteiger partial charge in [-0.25, -0.2) is 0 Å². The highest BCUT2D eigenvalue weighted by atomic mass is 32.2. The molecular formula is C23H16N2O7S3. The van der Waals surface area contributed by atoms with Gasteiger partial charge in [-0.2, -0.15) is 8.42 Å². The Labute approximate surface area is 210 Å². The van der Waals surface area contributed by atoms with Crippen molar-refractivity contribution in [2.24, 2.45) is 0 Å². The molecule has 0 spiro atoms. The molecule has 3 aromatic carbocycles. The van der Waals surface area contributed by atoms with Crippen molar-refractivity contribution in [2.45, 2.75) is 4.90 Å². The number of rotatable bonds is 7. The molecule has 1 aliphatic heterocycles. The van der Waals surface area contributed by atoms with Gasteiger partial charge in [-0.15, -0.1) is 0 Å². The molecule has 0 N–H and O–H groups in total. The molecule has 3 aromatic rings. The normalized spacial score (nSPS) is 14.9. The zero-order chi connectivity index (χ0) is 25.2. The van der Waals surface area contributed by atoms with Crippen LogP contribution in [0, 0.1) is 10.1 Å². The Hall–Kier alpha value is -3.74. The largest absolute Gasteiger partial charge is 0.493 e. The van der Waals surface area contributed by atoms with Gasteiger partial charge in [0.05, 0.1) is 22.6 Å². The van der Waals surface area contributed by atoms with Gasteiger partial charge in [-0.3, -0.25) is 19.8 Å². The molecule has 0 radical (unpaired) electrons. The molecule has 1 heterocycles. The molecule has 0 atom stereocenters. The van der Waals surface area contributed by atoms with Crippen LogP contribution >= 0.6 is 24.0 Å². The lowest BCUT2D eigenvalue weighted by Gasteiger charge is -2.14. The minimum Gasteiger partial charge on any atom is -0.493 e. The van der Waals surface area contributed by atoms with Gasteiger partial charge in [0, 0.05) is 12.1 Å². The van der Waals surface area contributed by atoms with E-state index >= 15 is 0 Å². The molecule has 0 bridgehead atoms. The van der Waals surface area contributed by atoms with Gasteiger partial charge in [0.15, 0.2) is 15.8 Å². The Morgan fingerprint density at radius 2 is 1.77 bits per heavy atom. The number of anilines is 1. The molecule has 0 saturated carbocycles. The van der Waals surface area contributed by atoms with E-state index in [1.807, 2.05) is 0 Å². The first-order valence-corrected chi connectivity index (χ1v) is 12.5. The van der Waals surface area contributed by atoms with Crippen LogP contribution in [-0.2, 0) is 14.9 Å². The third kappa shape index (κ3) is 5.19. The lowest BCUT2D eigenvalue weighted by atomic mass is 10.2. The number of carbonyl (C=O) groups excluding carboxylic acids is 1. The minimum absolute atomic E-state index is 0.00375. The topological polar surface area (TPSA) is 116 Å². The number of benzene rings is 3. The summed E-state index contributed by atoms with van der Waals surface area (Å²) in [7, 11) is -2.71. The average molecular weight is 529 g/mol. The first kappa shape index (κ1) is 24.4. The molecule has 4 rings (SSSR count). The van der Waals surface area contributed by atoms with Crippen LogP contribution in [0.4, 0.5) is 11.4 Å². The standard InChI is InChI=1S/C23H16N2O7S3/c1-31-20-12-15(10-11-19(20)32-35(29,30)18-8-3-2-4-9-18)13-21-22(26)24(23(33)34-21)16-6-5-7-17(14-16)25(27)28/h2-14H,1H3/b21-13+. The fraction of sp³-hybridized carbons (Fsp3) is 0.0435. The highest BCUT2D eigenvalue weighted by Gasteiger charge is 2.34. The van der Waals surface area contributed by atoms with Crippen molar-refractivity contribution in [3.63, 3.8) is 0 Å². The van der Waals surface area contributed by atoms with E-state index in [9.17, 15) is 23.3 Å². The van der Waals surface area contributed by atoms with Crippen LogP contribution in [0.5, 0.6) is 11.5 Å². The number of ether oxygens (including phenoxy) is 1. The maximum atomic E-state index is 13.0. The molecule has 1 fully saturated rings. The number of thioether (sulfide) groups is 1. The van der Waals surface area contributed by atoms with E-state index in [-0.39, 0.29) is 37.0 Å². The summed E-state index contributed by atoms with van der Waals surface area (Å²) in [5, 5.41) is 11.1. The number of thiocarbonyl (C=S) groups is 1. The van der Waals surface area contributed by atoms with Crippen molar-refractivity contribution in [1.29, 1.82) is 0 Å². The lowest BCUT2D eigenvalue weighted by molar-refractivity contribution is -0.384. The highest BCUT2D eigenvalue weighted by Crippen LogP contribution is 2.38. The number of methoxy groups -OCH3 is 1. The van der Waals surface area contributed by atoms with E-state index in [4.69, 9.17) is 21.1 Å². The molecule has 1 saturated heterocycles. The van der Waals surface area contributed by atoms with Gasteiger partial charge < -0.3 is 8.92 Å². The number of nitrogens with zero attached hydrogens (tertiary/aromatic N) is 2. The van der Waals surface area contributed by atoms with Crippen molar-refractivity contribution in [1.82, 2.24) is 0 Å². The molecule has 178 valence electrons. The quantitative estimate of drug-likeness (QED) is 0.140. The van der Waals surface area contributed by atoms with Crippen LogP contribution in [0.2, 0.25) is 0 Å². The van der Waals surface area contributed by atoms with Crippen molar-refractivity contribution in [3.05, 3.63) is 93.4 Å². The second kappa shape index (κ2) is 9.86. The van der Waals surface area contributed by atoms with E-state index < -0.39 is 20.9 Å². The summed E-state index contributed by atoms with van der Waals surface area (Å²) in [6.07, 6.45) is 1.56. The number of carbonyl (C=O) groups is 1. The number of hydrogen-bond donors (Lipinski definition) is 0. The summed E-state index contributed by atoms with van der Waals surface area (Å²) >= 11 is 6.37. The van der Waals surface area contributed by atoms with E-state index in [0.29, 0.717) is 5.56 Å². The van der Waals surface area contributed by atoms with Crippen LogP contribution in [0.15, 0.2) is 82.6 Å². The van der Waals surface area contributed by atoms with Crippen molar-refractivity contribution in [2.75, 3.05) is 12.0 Å². The maximum absolute atomic E-state index is 13.0. The number of nitro benzene ring substituents is 1. The fourth-order valence-corrected chi connectivity index (χ4v) is 5.44. The summed E-state index contributed by atoms with van der Waals surface area (Å²) in [5.41, 5.74) is 0.662. The minimum atomic E-state index is -4.07. The molecule has 0 aliphatic carbocycles. The number of nitro groups is 1. The first-order chi connectivity index (χ1) is 16.7. The highest BCUT2D eigenvalue weighted by molar-refractivity contribution is 8.27. The number of amides is 1. The fourth-order valence-electron chi connectivity index (χ4n) is 3.18. The van der Waals surface area contributed by atoms with Crippen LogP contribution in [0.1, 0.15) is 5.56 Å². The Bertz CT molecular complexity index is 1470. The van der Waals surface area contributed by atoms with Crippen LogP contribution in [-0.4, -0.2) is 30.7 Å². The molecular weight excluding hydrogens is 512 g/mol. The smallest absolute Gasteiger partial charge is 0.339 e. The molecule has 1 aliphatic rings. The zero-order valence-corrected chi connectivity index (χ0v) is 20.4. The van der Waals surface area contributed by atoms with Gasteiger partial charge in [0.25, 0.3) is 11.6 Å². The van der Waals surface area contributed by atoms with Crippen LogP contribution < -0.4 is 13.8 Å². The van der Waals surface area contributed by atoms with Crippen molar-refractivity contribution >= 4 is 61.8 Å². The molecule has 0 aromatic heterocycles. The molecule has 0 unspecified atom stereocenters. The van der Waals surface area contributed by atoms with E-state index in [1.54, 1.807) is 36.4 Å². The third-order valence-corrected chi connectivity index (χ3v) is 7.36. The van der Waals surface area contributed by atoms with Crippen LogP contribution in [0.3, 0.4) is 0 Å². The molecule has 1 amide bonds. The Morgan fingerprint density at radius 3 is 2.46 bits per heavy atom. The maximum Gasteiger partial charge on any atom is 0.339 e. The Morgan fingerprint density at radius 1 is 1.03 bits per heavy atom. The second-order valence-corrected chi connectivity index (χ2v) is 10.3. The second-order valence-electron chi connectivity index (χ2n) is 7.05. The Balaban J connectivity index is 1.60. The predicted molar refractivity (Wildman–Crippen MR) is 136 cm³/mol. The average Bonchev–Trinajstić information content (AvgIpc) is 3.12. The first-order valence-electron chi connectivity index (χ1n) is 9.89. The monoisotopic (exact) mass is 528 g/mol. The summed E-state index contributed by atoms with van der Waals surface area (Å²) in [4.78, 5) is 25.1. The van der Waals surface area contributed by atoms with Gasteiger partial charge in [-0.1, -0.05) is 54.3 Å². The summed E-state index contributed by atoms with van der Waals surface area (Å²) in [5.74, 6) is -0.309. The van der Waals surface area contributed by atoms with E-state index in [1.165, 1.54) is 54.5 Å². The number of hydrogen-bond acceptors (Lipinski definition) is 9. The van der Waals surface area contributed by atoms with Gasteiger partial charge in [0.1, 0.15) is 4.90 Å². The van der Waals surface area contributed by atoms with Crippen molar-refractivity contribution < 1.29 is 27.1 Å². The summed E-state index contributed by atoms with van der Waals surface area (Å²) < 4.78 is 35.9. The Kier molecular flexibility index (Phi) is 6.87. The molecule has 35 heavy (non-hydrogen) atoms. The van der Waals surface area contributed by atoms with E-state index in [2.05, 4.69) is 0 Å². The van der Waals surface area contributed by atoms with E-state index in [0.717, 1.165) is 11.8 Å². The SMILES string of the molecule is COc1cc(/C=C2/SC(=S)N(c3cccc([N+](=O)[O-])c3)C2=O)ccc1OS(=O)(=O)c1ccccc1. The zero-order valence-electron chi connectivity index (χ0n) is 18.0. The number of non-ortho nitro benzene ring substituents is 1. The molecule has 9 nitrogen and oxygen atoms in total. The lowest BCUT2D eigenvalue weighted by Crippen LogP contribution is -2.27. The van der Waals surface area contributed by atoms with Gasteiger partial charge in [0.2, 0.25) is 0 Å². The third-order valence-electron chi connectivity index (χ3n) is 4.81. The molecule has 12 heteroatoms. The van der Waals surface area contributed by atoms with Gasteiger partial charge in [-0.05, 0) is 42.0 Å².